The van der Waals surface area contributed by atoms with Crippen molar-refractivity contribution in [1.29, 1.82) is 0 Å². The normalized spacial score (nSPS) is 14.1. The highest BCUT2D eigenvalue weighted by Crippen LogP contribution is 2.28. The molecule has 1 aromatic carbocycles. The predicted octanol–water partition coefficient (Wildman–Crippen LogP) is 1.42. The zero-order chi connectivity index (χ0) is 17.2. The van der Waals surface area contributed by atoms with Crippen LogP contribution in [0.3, 0.4) is 0 Å². The lowest BCUT2D eigenvalue weighted by molar-refractivity contribution is 0.0957. The van der Waals surface area contributed by atoms with Crippen molar-refractivity contribution < 1.29 is 17.9 Å². The third-order valence-electron chi connectivity index (χ3n) is 3.65. The number of benzene rings is 1. The minimum absolute atomic E-state index is 0.0348. The SMILES string of the molecule is CCN(c1cccnc1)S(=O)(=O)c1ccc2c(c1)C(=O)NCCO2. The second-order valence-corrected chi connectivity index (χ2v) is 7.01. The molecule has 0 spiro atoms. The van der Waals surface area contributed by atoms with Gasteiger partial charge in [0.2, 0.25) is 0 Å². The first-order chi connectivity index (χ1) is 11.5. The standard InChI is InChI=1S/C16H17N3O4S/c1-2-19(12-4-3-7-17-11-12)24(21,22)13-5-6-15-14(10-13)16(20)18-8-9-23-15/h3-7,10-11H,2,8-9H2,1H3,(H,18,20). The summed E-state index contributed by atoms with van der Waals surface area (Å²) in [4.78, 5) is 16.1. The van der Waals surface area contributed by atoms with Crippen LogP contribution >= 0.6 is 0 Å². The van der Waals surface area contributed by atoms with Gasteiger partial charge in [-0.2, -0.15) is 0 Å². The Morgan fingerprint density at radius 3 is 2.88 bits per heavy atom. The number of sulfonamides is 1. The van der Waals surface area contributed by atoms with Crippen LogP contribution in [0.15, 0.2) is 47.6 Å². The summed E-state index contributed by atoms with van der Waals surface area (Å²) >= 11 is 0. The quantitative estimate of drug-likeness (QED) is 0.903. The van der Waals surface area contributed by atoms with E-state index in [0.29, 0.717) is 24.6 Å². The molecule has 0 bridgehead atoms. The van der Waals surface area contributed by atoms with Gasteiger partial charge in [-0.3, -0.25) is 14.1 Å². The zero-order valence-electron chi connectivity index (χ0n) is 13.1. The smallest absolute Gasteiger partial charge is 0.264 e. The summed E-state index contributed by atoms with van der Waals surface area (Å²) < 4.78 is 32.6. The highest BCUT2D eigenvalue weighted by molar-refractivity contribution is 7.92. The molecule has 1 aliphatic heterocycles. The molecule has 0 atom stereocenters. The maximum atomic E-state index is 13.0. The molecule has 0 unspecified atom stereocenters. The molecule has 3 rings (SSSR count). The number of amides is 1. The molecule has 0 saturated carbocycles. The molecule has 0 saturated heterocycles. The average Bonchev–Trinajstić information content (AvgIpc) is 2.77. The van der Waals surface area contributed by atoms with E-state index in [0.717, 1.165) is 0 Å². The number of hydrogen-bond donors (Lipinski definition) is 1. The lowest BCUT2D eigenvalue weighted by Crippen LogP contribution is -2.31. The molecule has 0 aliphatic carbocycles. The van der Waals surface area contributed by atoms with Gasteiger partial charge in [0.1, 0.15) is 12.4 Å². The van der Waals surface area contributed by atoms with Crippen molar-refractivity contribution in [2.24, 2.45) is 0 Å². The molecule has 1 aromatic heterocycles. The third-order valence-corrected chi connectivity index (χ3v) is 5.55. The number of nitrogens with one attached hydrogen (secondary N) is 1. The highest BCUT2D eigenvalue weighted by atomic mass is 32.2. The van der Waals surface area contributed by atoms with Crippen molar-refractivity contribution in [2.75, 3.05) is 24.0 Å². The Balaban J connectivity index is 2.05. The molecule has 0 radical (unpaired) electrons. The van der Waals surface area contributed by atoms with Crippen molar-refractivity contribution in [3.05, 3.63) is 48.3 Å². The van der Waals surface area contributed by atoms with Crippen LogP contribution in [0.1, 0.15) is 17.3 Å². The third kappa shape index (κ3) is 2.92. The van der Waals surface area contributed by atoms with Crippen LogP contribution in [0.25, 0.3) is 0 Å². The van der Waals surface area contributed by atoms with E-state index in [-0.39, 0.29) is 22.9 Å². The molecule has 24 heavy (non-hydrogen) atoms. The van der Waals surface area contributed by atoms with Crippen LogP contribution < -0.4 is 14.4 Å². The number of carbonyl (C=O) groups excluding carboxylic acids is 1. The molecule has 1 aliphatic rings. The monoisotopic (exact) mass is 347 g/mol. The summed E-state index contributed by atoms with van der Waals surface area (Å²) in [7, 11) is -3.82. The van der Waals surface area contributed by atoms with Crippen LogP contribution in [0, 0.1) is 0 Å². The Hall–Kier alpha value is -2.61. The minimum Gasteiger partial charge on any atom is -0.491 e. The largest absolute Gasteiger partial charge is 0.491 e. The molecule has 2 aromatic rings. The number of ether oxygens (including phenoxy) is 1. The van der Waals surface area contributed by atoms with E-state index in [4.69, 9.17) is 4.74 Å². The fourth-order valence-electron chi connectivity index (χ4n) is 2.51. The van der Waals surface area contributed by atoms with E-state index in [2.05, 4.69) is 10.3 Å². The van der Waals surface area contributed by atoms with E-state index < -0.39 is 10.0 Å². The van der Waals surface area contributed by atoms with Gasteiger partial charge in [-0.25, -0.2) is 8.42 Å². The molecule has 7 nitrogen and oxygen atoms in total. The summed E-state index contributed by atoms with van der Waals surface area (Å²) in [5.41, 5.74) is 0.687. The van der Waals surface area contributed by atoms with Gasteiger partial charge < -0.3 is 10.1 Å². The van der Waals surface area contributed by atoms with Gasteiger partial charge in [-0.1, -0.05) is 0 Å². The number of carbonyl (C=O) groups is 1. The molecule has 1 amide bonds. The van der Waals surface area contributed by atoms with E-state index in [1.54, 1.807) is 25.3 Å². The summed E-state index contributed by atoms with van der Waals surface area (Å²) in [6, 6.07) is 7.67. The van der Waals surface area contributed by atoms with E-state index in [1.807, 2.05) is 0 Å². The average molecular weight is 347 g/mol. The molecule has 126 valence electrons. The topological polar surface area (TPSA) is 88.6 Å². The van der Waals surface area contributed by atoms with Crippen molar-refractivity contribution in [1.82, 2.24) is 10.3 Å². The number of rotatable bonds is 4. The van der Waals surface area contributed by atoms with Crippen molar-refractivity contribution in [3.8, 4) is 5.75 Å². The summed E-state index contributed by atoms with van der Waals surface area (Å²) in [6.07, 6.45) is 3.06. The van der Waals surface area contributed by atoms with E-state index in [1.165, 1.54) is 28.7 Å². The molecular weight excluding hydrogens is 330 g/mol. The number of fused-ring (bicyclic) bond motifs is 1. The summed E-state index contributed by atoms with van der Waals surface area (Å²) in [6.45, 7) is 2.71. The minimum atomic E-state index is -3.82. The molecule has 8 heteroatoms. The maximum absolute atomic E-state index is 13.0. The second kappa shape index (κ2) is 6.48. The van der Waals surface area contributed by atoms with Crippen molar-refractivity contribution in [2.45, 2.75) is 11.8 Å². The number of anilines is 1. The lowest BCUT2D eigenvalue weighted by atomic mass is 10.2. The number of nitrogens with zero attached hydrogens (tertiary/aromatic N) is 2. The fourth-order valence-corrected chi connectivity index (χ4v) is 4.00. The van der Waals surface area contributed by atoms with Gasteiger partial charge in [-0.05, 0) is 37.3 Å². The Morgan fingerprint density at radius 1 is 1.33 bits per heavy atom. The van der Waals surface area contributed by atoms with Crippen molar-refractivity contribution in [3.63, 3.8) is 0 Å². The van der Waals surface area contributed by atoms with Gasteiger partial charge >= 0.3 is 0 Å². The van der Waals surface area contributed by atoms with Crippen LogP contribution in [0.4, 0.5) is 5.69 Å². The first-order valence-corrected chi connectivity index (χ1v) is 8.96. The van der Waals surface area contributed by atoms with Gasteiger partial charge in [0.15, 0.2) is 0 Å². The maximum Gasteiger partial charge on any atom is 0.264 e. The number of hydrogen-bond acceptors (Lipinski definition) is 5. The second-order valence-electron chi connectivity index (χ2n) is 5.14. The van der Waals surface area contributed by atoms with Crippen molar-refractivity contribution >= 4 is 21.6 Å². The zero-order valence-corrected chi connectivity index (χ0v) is 13.9. The van der Waals surface area contributed by atoms with Gasteiger partial charge in [0.25, 0.3) is 15.9 Å². The Kier molecular flexibility index (Phi) is 4.39. The Morgan fingerprint density at radius 2 is 2.17 bits per heavy atom. The summed E-state index contributed by atoms with van der Waals surface area (Å²) in [5, 5.41) is 2.67. The van der Waals surface area contributed by atoms with Crippen LogP contribution in [0.2, 0.25) is 0 Å². The Labute approximate surface area is 140 Å². The molecular formula is C16H17N3O4S. The van der Waals surface area contributed by atoms with Gasteiger partial charge in [0, 0.05) is 12.7 Å². The fraction of sp³-hybridized carbons (Fsp3) is 0.250. The molecule has 1 N–H and O–H groups in total. The van der Waals surface area contributed by atoms with Gasteiger partial charge in [0.05, 0.1) is 28.9 Å². The highest BCUT2D eigenvalue weighted by Gasteiger charge is 2.26. The number of pyridine rings is 1. The lowest BCUT2D eigenvalue weighted by Gasteiger charge is -2.22. The van der Waals surface area contributed by atoms with Crippen LogP contribution in [-0.4, -0.2) is 39.0 Å². The molecule has 2 heterocycles. The van der Waals surface area contributed by atoms with Crippen LogP contribution in [-0.2, 0) is 10.0 Å². The van der Waals surface area contributed by atoms with E-state index in [9.17, 15) is 13.2 Å². The predicted molar refractivity (Wildman–Crippen MR) is 88.7 cm³/mol. The van der Waals surface area contributed by atoms with Gasteiger partial charge in [-0.15, -0.1) is 0 Å². The molecule has 0 fully saturated rings. The summed E-state index contributed by atoms with van der Waals surface area (Å²) in [5.74, 6) is 0.0392. The van der Waals surface area contributed by atoms with E-state index >= 15 is 0 Å². The number of aromatic nitrogens is 1. The first kappa shape index (κ1) is 16.3. The first-order valence-electron chi connectivity index (χ1n) is 7.52. The van der Waals surface area contributed by atoms with Crippen LogP contribution in [0.5, 0.6) is 5.75 Å². The Bertz CT molecular complexity index is 853.